The van der Waals surface area contributed by atoms with Crippen molar-refractivity contribution in [1.29, 1.82) is 0 Å². The normalized spacial score (nSPS) is 11.3. The zero-order valence-corrected chi connectivity index (χ0v) is 15.6. The molecule has 5 rings (SSSR count). The molecule has 0 saturated heterocycles. The lowest BCUT2D eigenvalue weighted by molar-refractivity contribution is 1.17. The smallest absolute Gasteiger partial charge is 0.0543 e. The molecule has 1 aromatic heterocycles. The Labute approximate surface area is 159 Å². The van der Waals surface area contributed by atoms with Gasteiger partial charge in [-0.25, -0.2) is 0 Å². The average molecular weight is 347 g/mol. The highest BCUT2D eigenvalue weighted by molar-refractivity contribution is 6.09. The fraction of sp³-hybridized carbons (Fsp3) is 0.0769. The van der Waals surface area contributed by atoms with E-state index in [9.17, 15) is 0 Å². The molecule has 5 aromatic rings. The second-order valence-electron chi connectivity index (χ2n) is 7.22. The summed E-state index contributed by atoms with van der Waals surface area (Å²) in [6, 6.07) is 32.7. The monoisotopic (exact) mass is 347 g/mol. The standard InChI is InChI=1S/C26H21N/c1-18-16-24-23-10-6-7-11-25(23)27(26(24)17-19(18)2)22-14-12-21(13-15-22)20-8-4-3-5-9-20/h3-17H,1-2H3. The molecule has 0 spiro atoms. The fourth-order valence-electron chi connectivity index (χ4n) is 3.94. The van der Waals surface area contributed by atoms with Crippen molar-refractivity contribution in [3.8, 4) is 16.8 Å². The second kappa shape index (κ2) is 6.14. The van der Waals surface area contributed by atoms with E-state index in [1.807, 2.05) is 0 Å². The SMILES string of the molecule is Cc1cc2c3ccccc3n(-c3ccc(-c4ccccc4)cc3)c2cc1C. The van der Waals surface area contributed by atoms with Gasteiger partial charge in [-0.1, -0.05) is 60.7 Å². The largest absolute Gasteiger partial charge is 0.309 e. The van der Waals surface area contributed by atoms with Gasteiger partial charge in [0, 0.05) is 16.5 Å². The Morgan fingerprint density at radius 3 is 1.93 bits per heavy atom. The number of aryl methyl sites for hydroxylation is 2. The zero-order valence-electron chi connectivity index (χ0n) is 15.6. The number of hydrogen-bond acceptors (Lipinski definition) is 0. The molecular weight excluding hydrogens is 326 g/mol. The molecule has 1 nitrogen and oxygen atoms in total. The Bertz CT molecular complexity index is 1260. The molecule has 0 radical (unpaired) electrons. The minimum atomic E-state index is 1.20. The molecule has 0 fully saturated rings. The van der Waals surface area contributed by atoms with Gasteiger partial charge in [0.2, 0.25) is 0 Å². The summed E-state index contributed by atoms with van der Waals surface area (Å²) in [5.41, 5.74) is 8.88. The lowest BCUT2D eigenvalue weighted by Crippen LogP contribution is -1.94. The molecule has 27 heavy (non-hydrogen) atoms. The van der Waals surface area contributed by atoms with Crippen LogP contribution in [-0.4, -0.2) is 4.57 Å². The van der Waals surface area contributed by atoms with Crippen LogP contribution in [0, 0.1) is 13.8 Å². The van der Waals surface area contributed by atoms with Gasteiger partial charge in [-0.2, -0.15) is 0 Å². The van der Waals surface area contributed by atoms with Gasteiger partial charge in [-0.3, -0.25) is 0 Å². The number of hydrogen-bond donors (Lipinski definition) is 0. The number of aromatic nitrogens is 1. The van der Waals surface area contributed by atoms with Crippen LogP contribution >= 0.6 is 0 Å². The Hall–Kier alpha value is -3.32. The molecule has 130 valence electrons. The maximum Gasteiger partial charge on any atom is 0.0543 e. The van der Waals surface area contributed by atoms with E-state index in [1.54, 1.807) is 0 Å². The van der Waals surface area contributed by atoms with Crippen molar-refractivity contribution in [2.45, 2.75) is 13.8 Å². The molecule has 1 heterocycles. The molecule has 0 aliphatic rings. The van der Waals surface area contributed by atoms with E-state index in [1.165, 1.54) is 49.7 Å². The summed E-state index contributed by atoms with van der Waals surface area (Å²) in [5, 5.41) is 2.63. The van der Waals surface area contributed by atoms with Gasteiger partial charge >= 0.3 is 0 Å². The molecule has 0 aliphatic heterocycles. The third-order valence-electron chi connectivity index (χ3n) is 5.52. The number of benzene rings is 4. The van der Waals surface area contributed by atoms with E-state index in [-0.39, 0.29) is 0 Å². The van der Waals surface area contributed by atoms with Crippen LogP contribution in [0.4, 0.5) is 0 Å². The van der Waals surface area contributed by atoms with Crippen LogP contribution in [0.5, 0.6) is 0 Å². The molecule has 0 saturated carbocycles. The predicted molar refractivity (Wildman–Crippen MR) is 116 cm³/mol. The number of fused-ring (bicyclic) bond motifs is 3. The Morgan fingerprint density at radius 2 is 1.15 bits per heavy atom. The third kappa shape index (κ3) is 2.55. The van der Waals surface area contributed by atoms with E-state index in [4.69, 9.17) is 0 Å². The number of para-hydroxylation sites is 1. The first-order valence-corrected chi connectivity index (χ1v) is 9.38. The van der Waals surface area contributed by atoms with Crippen molar-refractivity contribution in [2.75, 3.05) is 0 Å². The van der Waals surface area contributed by atoms with Gasteiger partial charge in [-0.15, -0.1) is 0 Å². The lowest BCUT2D eigenvalue weighted by atomic mass is 10.1. The number of nitrogens with zero attached hydrogens (tertiary/aromatic N) is 1. The molecule has 4 aromatic carbocycles. The number of rotatable bonds is 2. The zero-order chi connectivity index (χ0) is 18.4. The fourth-order valence-corrected chi connectivity index (χ4v) is 3.94. The quantitative estimate of drug-likeness (QED) is 0.322. The van der Waals surface area contributed by atoms with E-state index < -0.39 is 0 Å². The van der Waals surface area contributed by atoms with Crippen molar-refractivity contribution in [2.24, 2.45) is 0 Å². The molecule has 1 heteroatoms. The van der Waals surface area contributed by atoms with Gasteiger partial charge in [0.1, 0.15) is 0 Å². The molecule has 0 atom stereocenters. The molecule has 0 aliphatic carbocycles. The predicted octanol–water partition coefficient (Wildman–Crippen LogP) is 7.07. The van der Waals surface area contributed by atoms with Crippen molar-refractivity contribution < 1.29 is 0 Å². The van der Waals surface area contributed by atoms with Crippen LogP contribution in [0.3, 0.4) is 0 Å². The van der Waals surface area contributed by atoms with Crippen LogP contribution < -0.4 is 0 Å². The summed E-state index contributed by atoms with van der Waals surface area (Å²) in [6.45, 7) is 4.38. The molecular formula is C26H21N. The summed E-state index contributed by atoms with van der Waals surface area (Å²) in [5.74, 6) is 0. The van der Waals surface area contributed by atoms with Crippen LogP contribution in [0.2, 0.25) is 0 Å². The second-order valence-corrected chi connectivity index (χ2v) is 7.22. The summed E-state index contributed by atoms with van der Waals surface area (Å²) in [7, 11) is 0. The van der Waals surface area contributed by atoms with E-state index in [0.717, 1.165) is 0 Å². The summed E-state index contributed by atoms with van der Waals surface area (Å²) < 4.78 is 2.38. The van der Waals surface area contributed by atoms with Gasteiger partial charge in [0.25, 0.3) is 0 Å². The van der Waals surface area contributed by atoms with Crippen LogP contribution in [-0.2, 0) is 0 Å². The highest BCUT2D eigenvalue weighted by Crippen LogP contribution is 2.34. The first-order valence-electron chi connectivity index (χ1n) is 9.38. The van der Waals surface area contributed by atoms with Gasteiger partial charge < -0.3 is 4.57 Å². The summed E-state index contributed by atoms with van der Waals surface area (Å²) in [6.07, 6.45) is 0. The maximum atomic E-state index is 2.38. The Balaban J connectivity index is 1.75. The van der Waals surface area contributed by atoms with E-state index >= 15 is 0 Å². The van der Waals surface area contributed by atoms with E-state index in [0.29, 0.717) is 0 Å². The van der Waals surface area contributed by atoms with Gasteiger partial charge in [0.15, 0.2) is 0 Å². The third-order valence-corrected chi connectivity index (χ3v) is 5.52. The minimum Gasteiger partial charge on any atom is -0.309 e. The summed E-state index contributed by atoms with van der Waals surface area (Å²) in [4.78, 5) is 0. The molecule has 0 unspecified atom stereocenters. The van der Waals surface area contributed by atoms with Gasteiger partial charge in [-0.05, 0) is 66.4 Å². The lowest BCUT2D eigenvalue weighted by Gasteiger charge is -2.10. The van der Waals surface area contributed by atoms with Crippen LogP contribution in [0.25, 0.3) is 38.6 Å². The average Bonchev–Trinajstić information content (AvgIpc) is 3.02. The Morgan fingerprint density at radius 1 is 0.519 bits per heavy atom. The molecule has 0 bridgehead atoms. The van der Waals surface area contributed by atoms with Crippen molar-refractivity contribution in [3.05, 3.63) is 102 Å². The maximum absolute atomic E-state index is 2.38. The minimum absolute atomic E-state index is 1.20. The highest BCUT2D eigenvalue weighted by Gasteiger charge is 2.13. The topological polar surface area (TPSA) is 4.93 Å². The van der Waals surface area contributed by atoms with Crippen molar-refractivity contribution >= 4 is 21.8 Å². The molecule has 0 N–H and O–H groups in total. The summed E-state index contributed by atoms with van der Waals surface area (Å²) >= 11 is 0. The van der Waals surface area contributed by atoms with Gasteiger partial charge in [0.05, 0.1) is 11.0 Å². The highest BCUT2D eigenvalue weighted by atomic mass is 15.0. The first-order chi connectivity index (χ1) is 13.2. The van der Waals surface area contributed by atoms with Crippen molar-refractivity contribution in [3.63, 3.8) is 0 Å². The Kier molecular flexibility index (Phi) is 3.61. The molecule has 0 amide bonds. The first kappa shape index (κ1) is 15.9. The van der Waals surface area contributed by atoms with Crippen LogP contribution in [0.1, 0.15) is 11.1 Å². The van der Waals surface area contributed by atoms with Crippen LogP contribution in [0.15, 0.2) is 91.0 Å². The van der Waals surface area contributed by atoms with Crippen molar-refractivity contribution in [1.82, 2.24) is 4.57 Å². The van der Waals surface area contributed by atoms with E-state index in [2.05, 4.69) is 109 Å².